The third kappa shape index (κ3) is 11.1. The van der Waals surface area contributed by atoms with Crippen molar-refractivity contribution in [2.24, 2.45) is 29.4 Å². The fourth-order valence-corrected chi connectivity index (χ4v) is 8.78. The highest BCUT2D eigenvalue weighted by Gasteiger charge is 2.42. The third-order valence-corrected chi connectivity index (χ3v) is 12.8. The SMILES string of the molecule is CC[C@H](C)[C@@H]([C@@H](CC(=O)N1CCC[C@H]1[C@H](C)[C@@H](C)C(=O)C[C@@H](Cc1ccccc1)P(=O)(O)CC(C)=O)OC)N(C)C(=O)[C@@H](N)C(C)C. The summed E-state index contributed by atoms with van der Waals surface area (Å²) in [5, 5.41) is 0. The summed E-state index contributed by atoms with van der Waals surface area (Å²) in [4.78, 5) is 67.2. The fourth-order valence-electron chi connectivity index (χ4n) is 6.92. The average molecular weight is 678 g/mol. The minimum atomic E-state index is -3.95. The van der Waals surface area contributed by atoms with E-state index in [4.69, 9.17) is 10.5 Å². The molecule has 2 rings (SSSR count). The largest absolute Gasteiger partial charge is 0.379 e. The summed E-state index contributed by atoms with van der Waals surface area (Å²) in [6.45, 7) is 13.6. The molecule has 0 spiro atoms. The highest BCUT2D eigenvalue weighted by Crippen LogP contribution is 2.49. The number of methoxy groups -OCH3 is 1. The van der Waals surface area contributed by atoms with Gasteiger partial charge in [-0.05, 0) is 49.5 Å². The quantitative estimate of drug-likeness (QED) is 0.196. The summed E-state index contributed by atoms with van der Waals surface area (Å²) in [6, 6.07) is 8.06. The van der Waals surface area contributed by atoms with Crippen LogP contribution in [-0.2, 0) is 34.9 Å². The van der Waals surface area contributed by atoms with Crippen LogP contribution in [0.15, 0.2) is 30.3 Å². The molecule has 10 nitrogen and oxygen atoms in total. The van der Waals surface area contributed by atoms with E-state index in [9.17, 15) is 28.6 Å². The Hall–Kier alpha value is -2.39. The molecule has 2 amide bonds. The lowest BCUT2D eigenvalue weighted by Crippen LogP contribution is -2.56. The fraction of sp³-hybridized carbons (Fsp3) is 0.722. The zero-order chi connectivity index (χ0) is 35.6. The number of ketones is 2. The Balaban J connectivity index is 2.23. The van der Waals surface area contributed by atoms with Crippen molar-refractivity contribution in [2.75, 3.05) is 26.9 Å². The van der Waals surface area contributed by atoms with Gasteiger partial charge in [0, 0.05) is 44.7 Å². The van der Waals surface area contributed by atoms with Crippen LogP contribution in [0, 0.1) is 23.7 Å². The van der Waals surface area contributed by atoms with Crippen LogP contribution in [0.5, 0.6) is 0 Å². The molecule has 1 aliphatic heterocycles. The molecule has 47 heavy (non-hydrogen) atoms. The summed E-state index contributed by atoms with van der Waals surface area (Å²) in [5.74, 6) is -1.45. The van der Waals surface area contributed by atoms with Gasteiger partial charge in [0.2, 0.25) is 19.2 Å². The summed E-state index contributed by atoms with van der Waals surface area (Å²) < 4.78 is 19.3. The van der Waals surface area contributed by atoms with Crippen LogP contribution >= 0.6 is 7.37 Å². The van der Waals surface area contributed by atoms with Gasteiger partial charge in [-0.25, -0.2) is 0 Å². The monoisotopic (exact) mass is 677 g/mol. The number of rotatable bonds is 19. The molecule has 1 heterocycles. The Morgan fingerprint density at radius 2 is 1.70 bits per heavy atom. The van der Waals surface area contributed by atoms with Crippen molar-refractivity contribution >= 4 is 30.7 Å². The molecule has 266 valence electrons. The van der Waals surface area contributed by atoms with Gasteiger partial charge in [0.15, 0.2) is 0 Å². The van der Waals surface area contributed by atoms with Gasteiger partial charge >= 0.3 is 0 Å². The van der Waals surface area contributed by atoms with Gasteiger partial charge < -0.3 is 25.2 Å². The maximum absolute atomic E-state index is 13.9. The molecule has 0 bridgehead atoms. The van der Waals surface area contributed by atoms with Crippen LogP contribution in [0.4, 0.5) is 0 Å². The number of Topliss-reactive ketones (excluding diaryl/α,β-unsaturated/α-hetero) is 2. The maximum atomic E-state index is 13.9. The molecule has 11 heteroatoms. The van der Waals surface area contributed by atoms with E-state index in [0.717, 1.165) is 24.8 Å². The molecule has 1 fully saturated rings. The molecule has 3 N–H and O–H groups in total. The maximum Gasteiger partial charge on any atom is 0.239 e. The molecule has 0 aliphatic carbocycles. The molecule has 0 radical (unpaired) electrons. The highest BCUT2D eigenvalue weighted by molar-refractivity contribution is 7.59. The van der Waals surface area contributed by atoms with Crippen molar-refractivity contribution in [3.63, 3.8) is 0 Å². The third-order valence-electron chi connectivity index (χ3n) is 10.4. The van der Waals surface area contributed by atoms with Crippen LogP contribution in [0.3, 0.4) is 0 Å². The highest BCUT2D eigenvalue weighted by atomic mass is 31.2. The van der Waals surface area contributed by atoms with Gasteiger partial charge in [0.25, 0.3) is 0 Å². The van der Waals surface area contributed by atoms with Crippen molar-refractivity contribution in [2.45, 2.75) is 117 Å². The number of ether oxygens (including phenoxy) is 1. The summed E-state index contributed by atoms with van der Waals surface area (Å²) in [6.07, 6.45) is 1.51. The van der Waals surface area contributed by atoms with E-state index >= 15 is 0 Å². The molecular weight excluding hydrogens is 617 g/mol. The minimum absolute atomic E-state index is 0.0335. The predicted molar refractivity (Wildman–Crippen MR) is 186 cm³/mol. The Labute approximate surface area is 282 Å². The van der Waals surface area contributed by atoms with E-state index in [2.05, 4.69) is 0 Å². The number of carbonyl (C=O) groups excluding carboxylic acids is 4. The molecule has 1 aromatic rings. The number of nitrogens with two attached hydrogens (primary N) is 1. The molecule has 9 atom stereocenters. The zero-order valence-corrected chi connectivity index (χ0v) is 30.9. The van der Waals surface area contributed by atoms with Gasteiger partial charge in [0.1, 0.15) is 11.6 Å². The second kappa shape index (κ2) is 18.4. The number of carbonyl (C=O) groups is 4. The number of hydrogen-bond donors (Lipinski definition) is 2. The van der Waals surface area contributed by atoms with E-state index in [0.29, 0.717) is 6.54 Å². The number of likely N-dealkylation sites (N-methyl/N-ethyl adjacent to an activating group) is 1. The van der Waals surface area contributed by atoms with Crippen LogP contribution < -0.4 is 5.73 Å². The first-order valence-electron chi connectivity index (χ1n) is 17.2. The second-order valence-electron chi connectivity index (χ2n) is 14.1. The van der Waals surface area contributed by atoms with E-state index < -0.39 is 37.3 Å². The predicted octanol–water partition coefficient (Wildman–Crippen LogP) is 4.94. The lowest BCUT2D eigenvalue weighted by molar-refractivity contribution is -0.144. The van der Waals surface area contributed by atoms with Gasteiger partial charge in [0.05, 0.1) is 30.8 Å². The van der Waals surface area contributed by atoms with E-state index in [-0.39, 0.29) is 72.5 Å². The molecule has 0 saturated carbocycles. The lowest BCUT2D eigenvalue weighted by atomic mass is 9.83. The van der Waals surface area contributed by atoms with Crippen LogP contribution in [0.25, 0.3) is 0 Å². The number of nitrogens with zero attached hydrogens (tertiary/aromatic N) is 2. The van der Waals surface area contributed by atoms with Crippen molar-refractivity contribution in [3.8, 4) is 0 Å². The van der Waals surface area contributed by atoms with Crippen LogP contribution in [0.1, 0.15) is 86.1 Å². The summed E-state index contributed by atoms with van der Waals surface area (Å²) in [5.41, 5.74) is 6.18. The van der Waals surface area contributed by atoms with Gasteiger partial charge in [-0.3, -0.25) is 23.7 Å². The summed E-state index contributed by atoms with van der Waals surface area (Å²) >= 11 is 0. The molecule has 1 unspecified atom stereocenters. The number of amides is 2. The van der Waals surface area contributed by atoms with E-state index in [1.54, 1.807) is 19.1 Å². The van der Waals surface area contributed by atoms with E-state index in [1.165, 1.54) is 6.92 Å². The second-order valence-corrected chi connectivity index (χ2v) is 16.7. The molecule has 1 aliphatic rings. The normalized spacial score (nSPS) is 20.9. The van der Waals surface area contributed by atoms with Crippen molar-refractivity contribution in [1.29, 1.82) is 0 Å². The Morgan fingerprint density at radius 1 is 1.09 bits per heavy atom. The van der Waals surface area contributed by atoms with Crippen molar-refractivity contribution in [1.82, 2.24) is 9.80 Å². The molecular formula is C36H60N3O7P. The van der Waals surface area contributed by atoms with Crippen LogP contribution in [-0.4, -0.2) is 94.8 Å². The number of likely N-dealkylation sites (tertiary alicyclic amines) is 1. The minimum Gasteiger partial charge on any atom is -0.379 e. The summed E-state index contributed by atoms with van der Waals surface area (Å²) in [7, 11) is -0.652. The first-order chi connectivity index (χ1) is 22.0. The van der Waals surface area contributed by atoms with Crippen molar-refractivity contribution in [3.05, 3.63) is 35.9 Å². The Morgan fingerprint density at radius 3 is 2.23 bits per heavy atom. The topological polar surface area (TPSA) is 147 Å². The van der Waals surface area contributed by atoms with Gasteiger partial charge in [-0.2, -0.15) is 0 Å². The number of benzene rings is 1. The first-order valence-corrected chi connectivity index (χ1v) is 19.1. The van der Waals surface area contributed by atoms with Gasteiger partial charge in [-0.15, -0.1) is 0 Å². The number of hydrogen-bond acceptors (Lipinski definition) is 7. The van der Waals surface area contributed by atoms with Crippen molar-refractivity contribution < 1.29 is 33.4 Å². The standard InChI is InChI=1S/C36H60N3O7P/c1-10-24(4)35(38(8)36(43)34(37)23(2)3)32(46-9)21-33(42)39-18-14-17-30(39)26(6)27(7)31(41)20-29(47(44,45)22-25(5)40)19-28-15-12-11-13-16-28/h11-13,15-16,23-24,26-27,29-30,32,34-35H,10,14,17-22,37H2,1-9H3,(H,44,45)/t24-,26+,27+,29+,30-,32+,34-,35-/m0/s1. The molecule has 0 aromatic heterocycles. The van der Waals surface area contributed by atoms with Crippen LogP contribution in [0.2, 0.25) is 0 Å². The van der Waals surface area contributed by atoms with E-state index in [1.807, 2.05) is 76.8 Å². The Kier molecular flexibility index (Phi) is 16.0. The molecule has 1 aromatic carbocycles. The molecule has 1 saturated heterocycles. The average Bonchev–Trinajstić information content (AvgIpc) is 3.52. The van der Waals surface area contributed by atoms with Gasteiger partial charge in [-0.1, -0.05) is 78.3 Å². The Bertz CT molecular complexity index is 1240. The lowest BCUT2D eigenvalue weighted by Gasteiger charge is -2.40. The smallest absolute Gasteiger partial charge is 0.239 e. The zero-order valence-electron chi connectivity index (χ0n) is 30.1. The first kappa shape index (κ1) is 40.8.